The molecule has 0 aromatic heterocycles. The quantitative estimate of drug-likeness (QED) is 0.531. The highest BCUT2D eigenvalue weighted by molar-refractivity contribution is 5.79. The standard InChI is InChI=1S/C19H31FN4O/c1-14(2)24(16-9-10-16)12-11-22-19(21-4)23-13-15(3)25-18-8-6-5-7-17(18)20/h5-8,14-16H,9-13H2,1-4H3,(H2,21,22,23). The number of halogens is 1. The summed E-state index contributed by atoms with van der Waals surface area (Å²) in [6.45, 7) is 8.78. The van der Waals surface area contributed by atoms with Crippen molar-refractivity contribution in [2.24, 2.45) is 4.99 Å². The fourth-order valence-corrected chi connectivity index (χ4v) is 2.83. The van der Waals surface area contributed by atoms with Crippen LogP contribution < -0.4 is 15.4 Å². The zero-order valence-electron chi connectivity index (χ0n) is 15.8. The minimum atomic E-state index is -0.342. The van der Waals surface area contributed by atoms with Crippen LogP contribution in [0.25, 0.3) is 0 Å². The molecule has 2 rings (SSSR count). The minimum absolute atomic E-state index is 0.172. The van der Waals surface area contributed by atoms with E-state index in [0.29, 0.717) is 12.6 Å². The van der Waals surface area contributed by atoms with Gasteiger partial charge in [0.15, 0.2) is 17.5 Å². The number of rotatable bonds is 9. The second-order valence-corrected chi connectivity index (χ2v) is 6.80. The van der Waals surface area contributed by atoms with E-state index in [1.165, 1.54) is 18.9 Å². The maximum atomic E-state index is 13.6. The Labute approximate surface area is 150 Å². The molecule has 1 aliphatic rings. The summed E-state index contributed by atoms with van der Waals surface area (Å²) in [5.41, 5.74) is 0. The molecule has 0 radical (unpaired) electrons. The molecule has 1 atom stereocenters. The Morgan fingerprint density at radius 1 is 1.28 bits per heavy atom. The summed E-state index contributed by atoms with van der Waals surface area (Å²) in [5, 5.41) is 6.57. The van der Waals surface area contributed by atoms with Gasteiger partial charge in [-0.25, -0.2) is 4.39 Å². The zero-order valence-corrected chi connectivity index (χ0v) is 15.8. The SMILES string of the molecule is CN=C(NCCN(C(C)C)C1CC1)NCC(C)Oc1ccccc1F. The third-order valence-electron chi connectivity index (χ3n) is 4.29. The molecule has 2 N–H and O–H groups in total. The van der Waals surface area contributed by atoms with Crippen LogP contribution in [0.2, 0.25) is 0 Å². The Morgan fingerprint density at radius 2 is 2.00 bits per heavy atom. The van der Waals surface area contributed by atoms with E-state index in [1.54, 1.807) is 25.2 Å². The lowest BCUT2D eigenvalue weighted by Crippen LogP contribution is -2.45. The highest BCUT2D eigenvalue weighted by atomic mass is 19.1. The van der Waals surface area contributed by atoms with E-state index in [-0.39, 0.29) is 17.7 Å². The Morgan fingerprint density at radius 3 is 2.60 bits per heavy atom. The van der Waals surface area contributed by atoms with Crippen molar-refractivity contribution in [3.63, 3.8) is 0 Å². The molecule has 0 bridgehead atoms. The third-order valence-corrected chi connectivity index (χ3v) is 4.29. The van der Waals surface area contributed by atoms with E-state index < -0.39 is 0 Å². The summed E-state index contributed by atoms with van der Waals surface area (Å²) in [5.74, 6) is 0.672. The molecule has 6 heteroatoms. The van der Waals surface area contributed by atoms with Crippen LogP contribution in [0.15, 0.2) is 29.3 Å². The summed E-state index contributed by atoms with van der Waals surface area (Å²) in [7, 11) is 1.75. The summed E-state index contributed by atoms with van der Waals surface area (Å²) < 4.78 is 19.2. The van der Waals surface area contributed by atoms with Gasteiger partial charge in [0.05, 0.1) is 6.54 Å². The van der Waals surface area contributed by atoms with Crippen LogP contribution in [-0.4, -0.2) is 55.7 Å². The molecule has 5 nitrogen and oxygen atoms in total. The van der Waals surface area contributed by atoms with E-state index in [2.05, 4.69) is 34.4 Å². The Kier molecular flexibility index (Phi) is 7.50. The molecule has 1 saturated carbocycles. The van der Waals surface area contributed by atoms with Gasteiger partial charge in [-0.15, -0.1) is 0 Å². The van der Waals surface area contributed by atoms with E-state index in [1.807, 2.05) is 6.92 Å². The van der Waals surface area contributed by atoms with E-state index >= 15 is 0 Å². The second-order valence-electron chi connectivity index (χ2n) is 6.80. The highest BCUT2D eigenvalue weighted by Crippen LogP contribution is 2.27. The van der Waals surface area contributed by atoms with E-state index in [9.17, 15) is 4.39 Å². The fraction of sp³-hybridized carbons (Fsp3) is 0.632. The summed E-state index contributed by atoms with van der Waals surface area (Å²) in [4.78, 5) is 6.77. The van der Waals surface area contributed by atoms with Gasteiger partial charge in [0.25, 0.3) is 0 Å². The van der Waals surface area contributed by atoms with Gasteiger partial charge in [-0.2, -0.15) is 0 Å². The smallest absolute Gasteiger partial charge is 0.191 e. The molecule has 0 heterocycles. The van der Waals surface area contributed by atoms with Crippen molar-refractivity contribution in [2.45, 2.75) is 51.8 Å². The molecule has 1 fully saturated rings. The molecule has 1 aromatic rings. The predicted octanol–water partition coefficient (Wildman–Crippen LogP) is 2.63. The molecule has 1 unspecified atom stereocenters. The van der Waals surface area contributed by atoms with Gasteiger partial charge in [0, 0.05) is 32.2 Å². The maximum Gasteiger partial charge on any atom is 0.191 e. The molecule has 140 valence electrons. The number of nitrogens with zero attached hydrogens (tertiary/aromatic N) is 2. The third kappa shape index (κ3) is 6.53. The number of ether oxygens (including phenoxy) is 1. The van der Waals surface area contributed by atoms with Gasteiger partial charge >= 0.3 is 0 Å². The zero-order chi connectivity index (χ0) is 18.2. The first kappa shape index (κ1) is 19.5. The number of nitrogens with one attached hydrogen (secondary N) is 2. The first-order chi connectivity index (χ1) is 12.0. The van der Waals surface area contributed by atoms with Crippen molar-refractivity contribution in [1.29, 1.82) is 0 Å². The molecule has 0 spiro atoms. The van der Waals surface area contributed by atoms with Crippen molar-refractivity contribution in [2.75, 3.05) is 26.7 Å². The van der Waals surface area contributed by atoms with Crippen LogP contribution in [0.1, 0.15) is 33.6 Å². The van der Waals surface area contributed by atoms with Gasteiger partial charge in [-0.3, -0.25) is 9.89 Å². The highest BCUT2D eigenvalue weighted by Gasteiger charge is 2.30. The number of hydrogen-bond donors (Lipinski definition) is 2. The molecule has 25 heavy (non-hydrogen) atoms. The lowest BCUT2D eigenvalue weighted by Gasteiger charge is -2.26. The summed E-state index contributed by atoms with van der Waals surface area (Å²) >= 11 is 0. The average molecular weight is 350 g/mol. The Hall–Kier alpha value is -1.82. The molecule has 0 aliphatic heterocycles. The van der Waals surface area contributed by atoms with Crippen molar-refractivity contribution in [3.8, 4) is 5.75 Å². The second kappa shape index (κ2) is 9.61. The van der Waals surface area contributed by atoms with Gasteiger partial charge in [0.2, 0.25) is 0 Å². The Balaban J connectivity index is 1.70. The van der Waals surface area contributed by atoms with Crippen LogP contribution >= 0.6 is 0 Å². The first-order valence-corrected chi connectivity index (χ1v) is 9.12. The number of guanidine groups is 1. The molecule has 0 amide bonds. The molecule has 0 saturated heterocycles. The largest absolute Gasteiger partial charge is 0.486 e. The number of aliphatic imine (C=N–C) groups is 1. The maximum absolute atomic E-state index is 13.6. The van der Waals surface area contributed by atoms with Crippen molar-refractivity contribution in [1.82, 2.24) is 15.5 Å². The van der Waals surface area contributed by atoms with Crippen LogP contribution in [-0.2, 0) is 0 Å². The lowest BCUT2D eigenvalue weighted by molar-refractivity contribution is 0.211. The van der Waals surface area contributed by atoms with E-state index in [0.717, 1.165) is 25.1 Å². The number of benzene rings is 1. The summed E-state index contributed by atoms with van der Waals surface area (Å²) in [6, 6.07) is 7.77. The van der Waals surface area contributed by atoms with Crippen LogP contribution in [0, 0.1) is 5.82 Å². The number of hydrogen-bond acceptors (Lipinski definition) is 3. The average Bonchev–Trinajstić information content (AvgIpc) is 3.41. The fourth-order valence-electron chi connectivity index (χ4n) is 2.83. The molecular formula is C19H31FN4O. The minimum Gasteiger partial charge on any atom is -0.486 e. The topological polar surface area (TPSA) is 48.9 Å². The van der Waals surface area contributed by atoms with Crippen LogP contribution in [0.4, 0.5) is 4.39 Å². The molecular weight excluding hydrogens is 319 g/mol. The first-order valence-electron chi connectivity index (χ1n) is 9.12. The van der Waals surface area contributed by atoms with Gasteiger partial charge in [-0.05, 0) is 45.7 Å². The van der Waals surface area contributed by atoms with Crippen molar-refractivity contribution in [3.05, 3.63) is 30.1 Å². The van der Waals surface area contributed by atoms with E-state index in [4.69, 9.17) is 4.74 Å². The van der Waals surface area contributed by atoms with Crippen molar-refractivity contribution < 1.29 is 9.13 Å². The lowest BCUT2D eigenvalue weighted by atomic mass is 10.3. The summed E-state index contributed by atoms with van der Waals surface area (Å²) in [6.07, 6.45) is 2.46. The van der Waals surface area contributed by atoms with Crippen LogP contribution in [0.5, 0.6) is 5.75 Å². The normalized spacial score (nSPS) is 16.2. The number of para-hydroxylation sites is 1. The monoisotopic (exact) mass is 350 g/mol. The Bertz CT molecular complexity index is 558. The van der Waals surface area contributed by atoms with Crippen LogP contribution in [0.3, 0.4) is 0 Å². The van der Waals surface area contributed by atoms with Gasteiger partial charge in [0.1, 0.15) is 6.10 Å². The molecule has 1 aromatic carbocycles. The van der Waals surface area contributed by atoms with Gasteiger partial charge < -0.3 is 15.4 Å². The molecule has 1 aliphatic carbocycles. The van der Waals surface area contributed by atoms with Crippen molar-refractivity contribution >= 4 is 5.96 Å². The predicted molar refractivity (Wildman–Crippen MR) is 101 cm³/mol. The van der Waals surface area contributed by atoms with Gasteiger partial charge in [-0.1, -0.05) is 12.1 Å².